The van der Waals surface area contributed by atoms with Gasteiger partial charge in [0.1, 0.15) is 6.04 Å². The predicted molar refractivity (Wildman–Crippen MR) is 126 cm³/mol. The normalized spacial score (nSPS) is 11.6. The Morgan fingerprint density at radius 3 is 2.47 bits per heavy atom. The van der Waals surface area contributed by atoms with Crippen LogP contribution in [0.2, 0.25) is 10.0 Å². The zero-order valence-corrected chi connectivity index (χ0v) is 19.7. The molecule has 2 amide bonds. The van der Waals surface area contributed by atoms with E-state index in [0.717, 1.165) is 12.8 Å². The molecule has 0 radical (unpaired) electrons. The summed E-state index contributed by atoms with van der Waals surface area (Å²) in [6.07, 6.45) is 1.96. The molecule has 0 heterocycles. The first-order valence-electron chi connectivity index (χ1n) is 10.5. The summed E-state index contributed by atoms with van der Waals surface area (Å²) in [6.45, 7) is 4.49. The maximum atomic E-state index is 13.3. The zero-order chi connectivity index (χ0) is 23.7. The molecule has 2 aromatic carbocycles. The molecule has 172 valence electrons. The molecule has 0 aromatic heterocycles. The third-order valence-corrected chi connectivity index (χ3v) is 5.82. The number of nitro groups is 1. The second-order valence-corrected chi connectivity index (χ2v) is 8.22. The van der Waals surface area contributed by atoms with Crippen molar-refractivity contribution in [3.05, 3.63) is 73.8 Å². The predicted octanol–water partition coefficient (Wildman–Crippen LogP) is 5.17. The summed E-state index contributed by atoms with van der Waals surface area (Å²) in [6, 6.07) is 10.4. The number of amides is 2. The Balaban J connectivity index is 2.35. The SMILES string of the molecule is CCCCNC(=O)[C@@H](CC)N(Cc1ccc(Cl)c(Cl)c1)C(=O)Cc1ccccc1[N+](=O)[O-]. The molecule has 0 saturated heterocycles. The van der Waals surface area contributed by atoms with Gasteiger partial charge in [0.25, 0.3) is 5.69 Å². The standard InChI is InChI=1S/C23H27Cl2N3O4/c1-3-5-12-26-23(30)20(4-2)27(15-16-10-11-18(24)19(25)13-16)22(29)14-17-8-6-7-9-21(17)28(31)32/h6-11,13,20H,3-5,12,14-15H2,1-2H3,(H,26,30)/t20-/m1/s1. The maximum absolute atomic E-state index is 13.3. The first-order valence-corrected chi connectivity index (χ1v) is 11.3. The van der Waals surface area contributed by atoms with Crippen LogP contribution in [-0.2, 0) is 22.6 Å². The van der Waals surface area contributed by atoms with E-state index >= 15 is 0 Å². The molecule has 2 rings (SSSR count). The van der Waals surface area contributed by atoms with E-state index in [-0.39, 0.29) is 30.5 Å². The summed E-state index contributed by atoms with van der Waals surface area (Å²) in [5.74, 6) is -0.639. The molecule has 32 heavy (non-hydrogen) atoms. The van der Waals surface area contributed by atoms with E-state index in [1.165, 1.54) is 11.0 Å². The summed E-state index contributed by atoms with van der Waals surface area (Å²) in [5, 5.41) is 15.0. The second-order valence-electron chi connectivity index (χ2n) is 7.40. The number of unbranched alkanes of at least 4 members (excludes halogenated alkanes) is 1. The molecular formula is C23H27Cl2N3O4. The molecule has 0 bridgehead atoms. The Hall–Kier alpha value is -2.64. The summed E-state index contributed by atoms with van der Waals surface area (Å²) < 4.78 is 0. The lowest BCUT2D eigenvalue weighted by atomic mass is 10.1. The molecule has 0 saturated carbocycles. The first-order chi connectivity index (χ1) is 15.3. The van der Waals surface area contributed by atoms with Crippen molar-refractivity contribution in [3.8, 4) is 0 Å². The van der Waals surface area contributed by atoms with Gasteiger partial charge in [-0.15, -0.1) is 0 Å². The molecule has 0 unspecified atom stereocenters. The summed E-state index contributed by atoms with van der Waals surface area (Å²) in [4.78, 5) is 38.5. The number of benzene rings is 2. The number of nitro benzene ring substituents is 1. The van der Waals surface area contributed by atoms with Gasteiger partial charge in [-0.25, -0.2) is 0 Å². The number of nitrogens with zero attached hydrogens (tertiary/aromatic N) is 2. The average Bonchev–Trinajstić information content (AvgIpc) is 2.76. The number of rotatable bonds is 11. The van der Waals surface area contributed by atoms with Crippen LogP contribution in [0.4, 0.5) is 5.69 Å². The first kappa shape index (κ1) is 25.6. The van der Waals surface area contributed by atoms with E-state index in [9.17, 15) is 19.7 Å². The lowest BCUT2D eigenvalue weighted by molar-refractivity contribution is -0.385. The van der Waals surface area contributed by atoms with Crippen molar-refractivity contribution in [2.24, 2.45) is 0 Å². The fourth-order valence-electron chi connectivity index (χ4n) is 3.36. The third-order valence-electron chi connectivity index (χ3n) is 5.08. The Labute approximate surface area is 197 Å². The van der Waals surface area contributed by atoms with Crippen molar-refractivity contribution in [3.63, 3.8) is 0 Å². The Morgan fingerprint density at radius 2 is 1.84 bits per heavy atom. The fraction of sp³-hybridized carbons (Fsp3) is 0.391. The third kappa shape index (κ3) is 6.93. The van der Waals surface area contributed by atoms with Crippen molar-refractivity contribution in [2.45, 2.75) is 52.1 Å². The highest BCUT2D eigenvalue weighted by Gasteiger charge is 2.30. The molecule has 0 fully saturated rings. The van der Waals surface area contributed by atoms with E-state index < -0.39 is 11.0 Å². The van der Waals surface area contributed by atoms with Crippen molar-refractivity contribution in [1.82, 2.24) is 10.2 Å². The second kappa shape index (κ2) is 12.4. The highest BCUT2D eigenvalue weighted by atomic mass is 35.5. The van der Waals surface area contributed by atoms with Gasteiger partial charge in [0.05, 0.1) is 21.4 Å². The number of hydrogen-bond donors (Lipinski definition) is 1. The van der Waals surface area contributed by atoms with E-state index in [1.807, 2.05) is 13.8 Å². The minimum Gasteiger partial charge on any atom is -0.354 e. The van der Waals surface area contributed by atoms with Crippen LogP contribution < -0.4 is 5.32 Å². The molecular weight excluding hydrogens is 453 g/mol. The lowest BCUT2D eigenvalue weighted by Gasteiger charge is -2.31. The molecule has 1 N–H and O–H groups in total. The molecule has 0 spiro atoms. The maximum Gasteiger partial charge on any atom is 0.273 e. The van der Waals surface area contributed by atoms with E-state index in [0.29, 0.717) is 34.1 Å². The van der Waals surface area contributed by atoms with E-state index in [1.54, 1.807) is 36.4 Å². The lowest BCUT2D eigenvalue weighted by Crippen LogP contribution is -2.49. The van der Waals surface area contributed by atoms with Gasteiger partial charge in [-0.2, -0.15) is 0 Å². The van der Waals surface area contributed by atoms with Crippen LogP contribution in [0.15, 0.2) is 42.5 Å². The number of hydrogen-bond acceptors (Lipinski definition) is 4. The van der Waals surface area contributed by atoms with Gasteiger partial charge >= 0.3 is 0 Å². The number of nitrogens with one attached hydrogen (secondary N) is 1. The van der Waals surface area contributed by atoms with Gasteiger partial charge in [-0.3, -0.25) is 19.7 Å². The van der Waals surface area contributed by atoms with Crippen molar-refractivity contribution in [2.75, 3.05) is 6.54 Å². The minimum absolute atomic E-state index is 0.121. The van der Waals surface area contributed by atoms with Crippen molar-refractivity contribution >= 4 is 40.7 Å². The Kier molecular flexibility index (Phi) is 9.94. The molecule has 0 aliphatic heterocycles. The van der Waals surface area contributed by atoms with Crippen LogP contribution in [-0.4, -0.2) is 34.2 Å². The van der Waals surface area contributed by atoms with Crippen molar-refractivity contribution < 1.29 is 14.5 Å². The van der Waals surface area contributed by atoms with Crippen LogP contribution in [0.5, 0.6) is 0 Å². The molecule has 9 heteroatoms. The summed E-state index contributed by atoms with van der Waals surface area (Å²) in [5.41, 5.74) is 0.869. The number of carbonyl (C=O) groups is 2. The van der Waals surface area contributed by atoms with Crippen molar-refractivity contribution in [1.29, 1.82) is 0 Å². The Bertz CT molecular complexity index is 968. The minimum atomic E-state index is -0.725. The van der Waals surface area contributed by atoms with Gasteiger partial charge in [-0.1, -0.05) is 67.7 Å². The van der Waals surface area contributed by atoms with Crippen LogP contribution in [0.3, 0.4) is 0 Å². The highest BCUT2D eigenvalue weighted by molar-refractivity contribution is 6.42. The van der Waals surface area contributed by atoms with Crippen LogP contribution >= 0.6 is 23.2 Å². The molecule has 0 aliphatic rings. The van der Waals surface area contributed by atoms with Crippen LogP contribution in [0.1, 0.15) is 44.2 Å². The van der Waals surface area contributed by atoms with Gasteiger partial charge in [0.2, 0.25) is 11.8 Å². The number of halogens is 2. The smallest absolute Gasteiger partial charge is 0.273 e. The monoisotopic (exact) mass is 479 g/mol. The number of para-hydroxylation sites is 1. The fourth-order valence-corrected chi connectivity index (χ4v) is 3.68. The largest absolute Gasteiger partial charge is 0.354 e. The van der Waals surface area contributed by atoms with Gasteiger partial charge in [0.15, 0.2) is 0 Å². The number of carbonyl (C=O) groups excluding carboxylic acids is 2. The highest BCUT2D eigenvalue weighted by Crippen LogP contribution is 2.25. The average molecular weight is 480 g/mol. The molecule has 7 nitrogen and oxygen atoms in total. The summed E-state index contributed by atoms with van der Waals surface area (Å²) >= 11 is 12.1. The van der Waals surface area contributed by atoms with Gasteiger partial charge in [0, 0.05) is 24.7 Å². The molecule has 2 aromatic rings. The summed E-state index contributed by atoms with van der Waals surface area (Å²) in [7, 11) is 0. The topological polar surface area (TPSA) is 92.6 Å². The quantitative estimate of drug-likeness (QED) is 0.273. The Morgan fingerprint density at radius 1 is 1.12 bits per heavy atom. The van der Waals surface area contributed by atoms with Crippen LogP contribution in [0, 0.1) is 10.1 Å². The zero-order valence-electron chi connectivity index (χ0n) is 18.1. The van der Waals surface area contributed by atoms with Crippen LogP contribution in [0.25, 0.3) is 0 Å². The molecule has 1 atom stereocenters. The van der Waals surface area contributed by atoms with Gasteiger partial charge in [-0.05, 0) is 30.5 Å². The van der Waals surface area contributed by atoms with E-state index in [2.05, 4.69) is 5.32 Å². The molecule has 0 aliphatic carbocycles. The van der Waals surface area contributed by atoms with Gasteiger partial charge < -0.3 is 10.2 Å². The van der Waals surface area contributed by atoms with E-state index in [4.69, 9.17) is 23.2 Å².